The fourth-order valence-electron chi connectivity index (χ4n) is 1.61. The van der Waals surface area contributed by atoms with Crippen LogP contribution in [0.5, 0.6) is 0 Å². The molecule has 0 atom stereocenters. The molecule has 0 radical (unpaired) electrons. The number of nitrogens with zero attached hydrogens (tertiary/aromatic N) is 1. The summed E-state index contributed by atoms with van der Waals surface area (Å²) in [6, 6.07) is 4.96. The number of aryl methyl sites for hydroxylation is 1. The Hall–Kier alpha value is -1.94. The lowest BCUT2D eigenvalue weighted by Gasteiger charge is -2.03. The van der Waals surface area contributed by atoms with Crippen molar-refractivity contribution >= 4 is 17.4 Å². The molecule has 0 aliphatic heterocycles. The highest BCUT2D eigenvalue weighted by Gasteiger charge is 2.12. The first kappa shape index (κ1) is 12.5. The summed E-state index contributed by atoms with van der Waals surface area (Å²) in [6.45, 7) is 1.78. The number of hydrogen-bond acceptors (Lipinski definition) is 3. The quantitative estimate of drug-likeness (QED) is 0.862. The van der Waals surface area contributed by atoms with E-state index in [2.05, 4.69) is 9.97 Å². The second-order valence-electron chi connectivity index (χ2n) is 3.95. The minimum Gasteiger partial charge on any atom is -0.326 e. The summed E-state index contributed by atoms with van der Waals surface area (Å²) in [4.78, 5) is 30.1. The van der Waals surface area contributed by atoms with Gasteiger partial charge in [0.25, 0.3) is 5.56 Å². The second kappa shape index (κ2) is 5.14. The molecule has 0 unspecified atom stereocenters. The summed E-state index contributed by atoms with van der Waals surface area (Å²) in [7, 11) is 0. The van der Waals surface area contributed by atoms with Crippen LogP contribution < -0.4 is 5.56 Å². The first-order chi connectivity index (χ1) is 8.58. The van der Waals surface area contributed by atoms with Gasteiger partial charge in [0, 0.05) is 35.6 Å². The number of nitrogens with one attached hydrogen (secondary N) is 1. The van der Waals surface area contributed by atoms with Crippen molar-refractivity contribution in [1.82, 2.24) is 9.97 Å². The summed E-state index contributed by atoms with van der Waals surface area (Å²) in [5.74, 6) is -0.197. The molecule has 0 aliphatic rings. The van der Waals surface area contributed by atoms with Gasteiger partial charge in [0.15, 0.2) is 5.78 Å². The second-order valence-corrected chi connectivity index (χ2v) is 4.36. The highest BCUT2D eigenvalue weighted by atomic mass is 35.5. The minimum atomic E-state index is -0.242. The van der Waals surface area contributed by atoms with Crippen LogP contribution in [-0.2, 0) is 6.42 Å². The predicted octanol–water partition coefficient (Wildman–Crippen LogP) is 2.16. The van der Waals surface area contributed by atoms with Crippen molar-refractivity contribution in [2.24, 2.45) is 0 Å². The fraction of sp³-hybridized carbons (Fsp3) is 0.154. The molecule has 0 saturated carbocycles. The summed E-state index contributed by atoms with van der Waals surface area (Å²) in [5.41, 5.74) is 1.33. The molecule has 18 heavy (non-hydrogen) atoms. The molecule has 0 aliphatic carbocycles. The predicted molar refractivity (Wildman–Crippen MR) is 69.1 cm³/mol. The van der Waals surface area contributed by atoms with Gasteiger partial charge in [0.2, 0.25) is 0 Å². The smallest absolute Gasteiger partial charge is 0.251 e. The van der Waals surface area contributed by atoms with E-state index < -0.39 is 0 Å². The Morgan fingerprint density at radius 3 is 2.83 bits per heavy atom. The lowest BCUT2D eigenvalue weighted by atomic mass is 10.1. The lowest BCUT2D eigenvalue weighted by molar-refractivity contribution is 0.0992. The topological polar surface area (TPSA) is 62.8 Å². The number of H-pyrrole nitrogens is 1. The van der Waals surface area contributed by atoms with Crippen molar-refractivity contribution in [3.05, 3.63) is 62.8 Å². The van der Waals surface area contributed by atoms with E-state index >= 15 is 0 Å². The van der Waals surface area contributed by atoms with Crippen LogP contribution >= 0.6 is 11.6 Å². The van der Waals surface area contributed by atoms with Crippen molar-refractivity contribution in [2.45, 2.75) is 13.3 Å². The van der Waals surface area contributed by atoms with Gasteiger partial charge in [-0.1, -0.05) is 17.7 Å². The molecule has 4 nitrogen and oxygen atoms in total. The van der Waals surface area contributed by atoms with E-state index in [4.69, 9.17) is 11.6 Å². The van der Waals surface area contributed by atoms with Crippen molar-refractivity contribution in [2.75, 3.05) is 0 Å². The Kier molecular flexibility index (Phi) is 3.58. The number of rotatable bonds is 3. The van der Waals surface area contributed by atoms with Gasteiger partial charge in [-0.15, -0.1) is 0 Å². The number of aromatic amines is 1. The van der Waals surface area contributed by atoms with Crippen LogP contribution in [0, 0.1) is 6.92 Å². The maximum absolute atomic E-state index is 12.0. The Morgan fingerprint density at radius 1 is 1.39 bits per heavy atom. The molecule has 2 aromatic heterocycles. The zero-order valence-corrected chi connectivity index (χ0v) is 10.5. The SMILES string of the molecule is Cc1ccc(CC(=O)c2ccncc2Cl)c(=O)[nH]1. The molecule has 92 valence electrons. The van der Waals surface area contributed by atoms with Crippen LogP contribution in [0.4, 0.5) is 0 Å². The van der Waals surface area contributed by atoms with Gasteiger partial charge in [-0.25, -0.2) is 0 Å². The molecule has 5 heteroatoms. The molecule has 0 spiro atoms. The van der Waals surface area contributed by atoms with Gasteiger partial charge in [-0.3, -0.25) is 14.6 Å². The van der Waals surface area contributed by atoms with E-state index in [1.807, 2.05) is 0 Å². The van der Waals surface area contributed by atoms with Crippen LogP contribution in [0.15, 0.2) is 35.4 Å². The van der Waals surface area contributed by atoms with Crippen LogP contribution in [0.25, 0.3) is 0 Å². The summed E-state index contributed by atoms with van der Waals surface area (Å²) >= 11 is 5.88. The third-order valence-corrected chi connectivity index (χ3v) is 2.86. The maximum atomic E-state index is 12.0. The number of halogens is 1. The van der Waals surface area contributed by atoms with Gasteiger partial charge in [0.1, 0.15) is 0 Å². The number of aromatic nitrogens is 2. The number of carbonyl (C=O) groups is 1. The Bertz CT molecular complexity index is 649. The molecule has 2 heterocycles. The van der Waals surface area contributed by atoms with E-state index in [0.29, 0.717) is 16.1 Å². The van der Waals surface area contributed by atoms with Crippen LogP contribution in [-0.4, -0.2) is 15.8 Å². The molecule has 2 rings (SSSR count). The van der Waals surface area contributed by atoms with Crippen LogP contribution in [0.2, 0.25) is 5.02 Å². The van der Waals surface area contributed by atoms with E-state index in [1.165, 1.54) is 12.4 Å². The van der Waals surface area contributed by atoms with Gasteiger partial charge in [-0.2, -0.15) is 0 Å². The van der Waals surface area contributed by atoms with Crippen molar-refractivity contribution in [3.63, 3.8) is 0 Å². The number of carbonyl (C=O) groups excluding carboxylic acids is 1. The first-order valence-electron chi connectivity index (χ1n) is 5.39. The lowest BCUT2D eigenvalue weighted by Crippen LogP contribution is -2.17. The summed E-state index contributed by atoms with van der Waals surface area (Å²) < 4.78 is 0. The highest BCUT2D eigenvalue weighted by Crippen LogP contribution is 2.15. The minimum absolute atomic E-state index is 0.0271. The number of Topliss-reactive ketones (excluding diaryl/α,β-unsaturated/α-hetero) is 1. The van der Waals surface area contributed by atoms with Crippen molar-refractivity contribution in [3.8, 4) is 0 Å². The van der Waals surface area contributed by atoms with Crippen molar-refractivity contribution in [1.29, 1.82) is 0 Å². The largest absolute Gasteiger partial charge is 0.326 e. The molecular formula is C13H11ClN2O2. The third-order valence-electron chi connectivity index (χ3n) is 2.56. The van der Waals surface area contributed by atoms with E-state index in [1.54, 1.807) is 25.1 Å². The van der Waals surface area contributed by atoms with Gasteiger partial charge in [-0.05, 0) is 19.1 Å². The maximum Gasteiger partial charge on any atom is 0.251 e. The van der Waals surface area contributed by atoms with Crippen LogP contribution in [0.3, 0.4) is 0 Å². The molecule has 0 aromatic carbocycles. The molecular weight excluding hydrogens is 252 g/mol. The first-order valence-corrected chi connectivity index (χ1v) is 5.77. The summed E-state index contributed by atoms with van der Waals surface area (Å²) in [6.07, 6.45) is 2.94. The summed E-state index contributed by atoms with van der Waals surface area (Å²) in [5, 5.41) is 0.297. The number of hydrogen-bond donors (Lipinski definition) is 1. The van der Waals surface area contributed by atoms with Crippen molar-refractivity contribution < 1.29 is 4.79 Å². The van der Waals surface area contributed by atoms with E-state index in [0.717, 1.165) is 5.69 Å². The molecule has 2 aromatic rings. The van der Waals surface area contributed by atoms with Gasteiger partial charge in [0.05, 0.1) is 5.02 Å². The fourth-order valence-corrected chi connectivity index (χ4v) is 1.84. The zero-order chi connectivity index (χ0) is 13.1. The molecule has 0 fully saturated rings. The van der Waals surface area contributed by atoms with Gasteiger partial charge >= 0.3 is 0 Å². The average molecular weight is 263 g/mol. The molecule has 1 N–H and O–H groups in total. The molecule has 0 bridgehead atoms. The van der Waals surface area contributed by atoms with Crippen LogP contribution in [0.1, 0.15) is 21.6 Å². The normalized spacial score (nSPS) is 10.3. The molecule has 0 amide bonds. The average Bonchev–Trinajstić information content (AvgIpc) is 2.33. The standard InChI is InChI=1S/C13H11ClN2O2/c1-8-2-3-9(13(18)16-8)6-12(17)10-4-5-15-7-11(10)14/h2-5,7H,6H2,1H3,(H,16,18). The van der Waals surface area contributed by atoms with E-state index in [9.17, 15) is 9.59 Å². The Balaban J connectivity index is 2.27. The molecule has 0 saturated heterocycles. The number of pyridine rings is 2. The Labute approximate surface area is 109 Å². The zero-order valence-electron chi connectivity index (χ0n) is 9.74. The Morgan fingerprint density at radius 2 is 2.17 bits per heavy atom. The monoisotopic (exact) mass is 262 g/mol. The van der Waals surface area contributed by atoms with E-state index in [-0.39, 0.29) is 17.8 Å². The third kappa shape index (κ3) is 2.65. The number of ketones is 1. The van der Waals surface area contributed by atoms with Gasteiger partial charge < -0.3 is 4.98 Å². The highest BCUT2D eigenvalue weighted by molar-refractivity contribution is 6.33.